The summed E-state index contributed by atoms with van der Waals surface area (Å²) in [6, 6.07) is 0. The minimum absolute atomic E-state index is 0.121. The average molecular weight is 323 g/mol. The Labute approximate surface area is 118 Å². The highest BCUT2D eigenvalue weighted by molar-refractivity contribution is 9.09. The first-order chi connectivity index (χ1) is 8.50. The highest BCUT2D eigenvalue weighted by Gasteiger charge is 2.41. The molecule has 2 fully saturated rings. The van der Waals surface area contributed by atoms with Gasteiger partial charge in [0, 0.05) is 17.7 Å². The van der Waals surface area contributed by atoms with E-state index in [0.29, 0.717) is 10.7 Å². The van der Waals surface area contributed by atoms with Gasteiger partial charge in [0.1, 0.15) is 0 Å². The van der Waals surface area contributed by atoms with Gasteiger partial charge in [-0.1, -0.05) is 35.7 Å². The third kappa shape index (κ3) is 3.91. The lowest BCUT2D eigenvalue weighted by Crippen LogP contribution is -2.27. The standard InChI is InChI=1S/C15H25BrF2/c1-2-3-11-4-5-14(16)13(8-11)9-12-6-7-15(17,18)10-12/h11-14H,2-10H2,1H3. The van der Waals surface area contributed by atoms with Gasteiger partial charge in [0.15, 0.2) is 0 Å². The van der Waals surface area contributed by atoms with E-state index in [0.717, 1.165) is 18.8 Å². The fraction of sp³-hybridized carbons (Fsp3) is 1.00. The van der Waals surface area contributed by atoms with Gasteiger partial charge in [-0.25, -0.2) is 8.78 Å². The first-order valence-corrected chi connectivity index (χ1v) is 8.43. The van der Waals surface area contributed by atoms with Crippen LogP contribution in [-0.4, -0.2) is 10.7 Å². The maximum Gasteiger partial charge on any atom is 0.248 e. The van der Waals surface area contributed by atoms with E-state index >= 15 is 0 Å². The Bertz CT molecular complexity index is 267. The van der Waals surface area contributed by atoms with Gasteiger partial charge in [0.05, 0.1) is 0 Å². The second-order valence-corrected chi connectivity index (χ2v) is 7.62. The van der Waals surface area contributed by atoms with Crippen molar-refractivity contribution >= 4 is 15.9 Å². The van der Waals surface area contributed by atoms with Crippen molar-refractivity contribution in [2.45, 2.75) is 75.5 Å². The predicted molar refractivity (Wildman–Crippen MR) is 75.4 cm³/mol. The lowest BCUT2D eigenvalue weighted by atomic mass is 9.75. The van der Waals surface area contributed by atoms with Crippen LogP contribution < -0.4 is 0 Å². The van der Waals surface area contributed by atoms with Crippen LogP contribution in [0.1, 0.15) is 64.7 Å². The maximum atomic E-state index is 13.2. The van der Waals surface area contributed by atoms with Gasteiger partial charge in [-0.3, -0.25) is 0 Å². The molecule has 0 bridgehead atoms. The molecule has 0 N–H and O–H groups in total. The molecule has 0 nitrogen and oxygen atoms in total. The molecule has 18 heavy (non-hydrogen) atoms. The predicted octanol–water partition coefficient (Wildman–Crippen LogP) is 5.79. The topological polar surface area (TPSA) is 0 Å². The second kappa shape index (κ2) is 6.19. The molecule has 0 aromatic carbocycles. The van der Waals surface area contributed by atoms with E-state index in [1.165, 1.54) is 32.1 Å². The Morgan fingerprint density at radius 3 is 2.56 bits per heavy atom. The first-order valence-electron chi connectivity index (χ1n) is 7.52. The van der Waals surface area contributed by atoms with Crippen LogP contribution in [0.2, 0.25) is 0 Å². The molecule has 0 aliphatic heterocycles. The number of hydrogen-bond donors (Lipinski definition) is 0. The largest absolute Gasteiger partial charge is 0.248 e. The van der Waals surface area contributed by atoms with E-state index in [2.05, 4.69) is 22.9 Å². The van der Waals surface area contributed by atoms with Crippen LogP contribution >= 0.6 is 15.9 Å². The van der Waals surface area contributed by atoms with Crippen LogP contribution in [0.4, 0.5) is 8.78 Å². The van der Waals surface area contributed by atoms with Crippen LogP contribution in [-0.2, 0) is 0 Å². The van der Waals surface area contributed by atoms with E-state index in [1.54, 1.807) is 0 Å². The van der Waals surface area contributed by atoms with Crippen molar-refractivity contribution in [3.05, 3.63) is 0 Å². The average Bonchev–Trinajstić information content (AvgIpc) is 2.63. The fourth-order valence-electron chi connectivity index (χ4n) is 3.91. The van der Waals surface area contributed by atoms with E-state index in [-0.39, 0.29) is 18.8 Å². The van der Waals surface area contributed by atoms with Gasteiger partial charge < -0.3 is 0 Å². The van der Waals surface area contributed by atoms with Gasteiger partial charge in [-0.05, 0) is 49.9 Å². The van der Waals surface area contributed by atoms with Crippen molar-refractivity contribution < 1.29 is 8.78 Å². The minimum Gasteiger partial charge on any atom is -0.207 e. The van der Waals surface area contributed by atoms with Gasteiger partial charge in [-0.15, -0.1) is 0 Å². The lowest BCUT2D eigenvalue weighted by molar-refractivity contribution is 0.00368. The number of alkyl halides is 3. The molecule has 3 heteroatoms. The van der Waals surface area contributed by atoms with Crippen LogP contribution in [0.3, 0.4) is 0 Å². The summed E-state index contributed by atoms with van der Waals surface area (Å²) in [6.45, 7) is 2.24. The van der Waals surface area contributed by atoms with Gasteiger partial charge in [0.25, 0.3) is 0 Å². The van der Waals surface area contributed by atoms with Gasteiger partial charge in [0.2, 0.25) is 5.92 Å². The Hall–Kier alpha value is 0.340. The third-order valence-corrected chi connectivity index (χ3v) is 6.04. The van der Waals surface area contributed by atoms with Crippen molar-refractivity contribution in [1.29, 1.82) is 0 Å². The molecule has 0 amide bonds. The Morgan fingerprint density at radius 2 is 1.94 bits per heavy atom. The normalized spacial score (nSPS) is 40.0. The molecule has 2 rings (SSSR count). The van der Waals surface area contributed by atoms with E-state index in [9.17, 15) is 8.78 Å². The SMILES string of the molecule is CCCC1CCC(Br)C(CC2CCC(F)(F)C2)C1. The third-order valence-electron chi connectivity index (χ3n) is 4.84. The molecule has 0 saturated heterocycles. The smallest absolute Gasteiger partial charge is 0.207 e. The van der Waals surface area contributed by atoms with Crippen LogP contribution in [0.15, 0.2) is 0 Å². The highest BCUT2D eigenvalue weighted by Crippen LogP contribution is 2.45. The molecule has 2 aliphatic carbocycles. The van der Waals surface area contributed by atoms with Crippen LogP contribution in [0.5, 0.6) is 0 Å². The molecule has 0 radical (unpaired) electrons. The zero-order valence-corrected chi connectivity index (χ0v) is 12.9. The van der Waals surface area contributed by atoms with Gasteiger partial charge >= 0.3 is 0 Å². The maximum absolute atomic E-state index is 13.2. The Morgan fingerprint density at radius 1 is 1.17 bits per heavy atom. The Kier molecular flexibility index (Phi) is 5.07. The zero-order valence-electron chi connectivity index (χ0n) is 11.3. The molecule has 106 valence electrons. The van der Waals surface area contributed by atoms with Crippen molar-refractivity contribution in [3.63, 3.8) is 0 Å². The summed E-state index contributed by atoms with van der Waals surface area (Å²) in [7, 11) is 0. The van der Waals surface area contributed by atoms with Crippen molar-refractivity contribution in [3.8, 4) is 0 Å². The van der Waals surface area contributed by atoms with E-state index < -0.39 is 5.92 Å². The summed E-state index contributed by atoms with van der Waals surface area (Å²) in [4.78, 5) is 0.569. The summed E-state index contributed by atoms with van der Waals surface area (Å²) in [5, 5.41) is 0. The molecular formula is C15H25BrF2. The first kappa shape index (κ1) is 14.7. The van der Waals surface area contributed by atoms with E-state index in [1.807, 2.05) is 0 Å². The molecule has 0 heterocycles. The van der Waals surface area contributed by atoms with Crippen LogP contribution in [0.25, 0.3) is 0 Å². The lowest BCUT2D eigenvalue weighted by Gasteiger charge is -2.34. The van der Waals surface area contributed by atoms with E-state index in [4.69, 9.17) is 0 Å². The molecule has 0 aromatic rings. The fourth-order valence-corrected chi connectivity index (χ4v) is 4.61. The van der Waals surface area contributed by atoms with Gasteiger partial charge in [-0.2, -0.15) is 0 Å². The summed E-state index contributed by atoms with van der Waals surface area (Å²) in [5.74, 6) is -0.625. The summed E-state index contributed by atoms with van der Waals surface area (Å²) < 4.78 is 26.5. The monoisotopic (exact) mass is 322 g/mol. The molecule has 4 atom stereocenters. The number of rotatable bonds is 4. The number of hydrogen-bond acceptors (Lipinski definition) is 0. The molecule has 2 aliphatic rings. The number of halogens is 3. The highest BCUT2D eigenvalue weighted by atomic mass is 79.9. The van der Waals surface area contributed by atoms with Crippen molar-refractivity contribution in [1.82, 2.24) is 0 Å². The summed E-state index contributed by atoms with van der Waals surface area (Å²) in [6.07, 6.45) is 8.40. The molecule has 4 unspecified atom stereocenters. The van der Waals surface area contributed by atoms with Crippen molar-refractivity contribution in [2.75, 3.05) is 0 Å². The molecule has 2 saturated carbocycles. The minimum atomic E-state index is -2.37. The summed E-state index contributed by atoms with van der Waals surface area (Å²) in [5.41, 5.74) is 0. The molecular weight excluding hydrogens is 298 g/mol. The van der Waals surface area contributed by atoms with Crippen molar-refractivity contribution in [2.24, 2.45) is 17.8 Å². The molecule has 0 spiro atoms. The van der Waals surface area contributed by atoms with Crippen LogP contribution in [0, 0.1) is 17.8 Å². The second-order valence-electron chi connectivity index (χ2n) is 6.44. The zero-order chi connectivity index (χ0) is 13.2. The molecule has 0 aromatic heterocycles. The summed E-state index contributed by atoms with van der Waals surface area (Å²) >= 11 is 3.78. The quantitative estimate of drug-likeness (QED) is 0.574. The Balaban J connectivity index is 1.83.